The van der Waals surface area contributed by atoms with E-state index in [1.165, 1.54) is 11.1 Å². The Morgan fingerprint density at radius 2 is 2.33 bits per heavy atom. The normalized spacial score (nSPS) is 9.11. The Morgan fingerprint density at radius 1 is 1.56 bits per heavy atom. The van der Waals surface area contributed by atoms with Crippen LogP contribution in [-0.2, 0) is 6.42 Å². The molecule has 0 aromatic carbocycles. The molecule has 0 radical (unpaired) electrons. The maximum absolute atomic E-state index is 2.18. The van der Waals surface area contributed by atoms with E-state index in [9.17, 15) is 0 Å². The van der Waals surface area contributed by atoms with E-state index in [0.717, 1.165) is 6.42 Å². The molecular weight excluding hydrogens is 107 g/mol. The van der Waals surface area contributed by atoms with Gasteiger partial charge in [0.1, 0.15) is 0 Å². The first-order valence-electron chi connectivity index (χ1n) is 3.39. The summed E-state index contributed by atoms with van der Waals surface area (Å²) in [5.74, 6) is 4.24. The van der Waals surface area contributed by atoms with Gasteiger partial charge in [-0.25, -0.2) is 0 Å². The van der Waals surface area contributed by atoms with Gasteiger partial charge in [0.05, 0.1) is 0 Å². The van der Waals surface area contributed by atoms with E-state index in [0.29, 0.717) is 0 Å². The van der Waals surface area contributed by atoms with Gasteiger partial charge in [0, 0.05) is 0 Å². The van der Waals surface area contributed by atoms with Gasteiger partial charge in [0.25, 0.3) is 0 Å². The first kappa shape index (κ1) is 6.53. The van der Waals surface area contributed by atoms with Crippen molar-refractivity contribution in [2.24, 2.45) is 0 Å². The fraction of sp³-hybridized carbons (Fsp3) is 0.375. The van der Waals surface area contributed by atoms with Crippen molar-refractivity contribution >= 4 is 6.91 Å². The van der Waals surface area contributed by atoms with E-state index >= 15 is 0 Å². The van der Waals surface area contributed by atoms with Gasteiger partial charge in [-0.15, -0.1) is 0 Å². The molecule has 0 nitrogen and oxygen atoms in total. The molecule has 1 rings (SSSR count). The molecule has 0 fully saturated rings. The van der Waals surface area contributed by atoms with Crippen LogP contribution in [0.1, 0.15) is 18.1 Å². The summed E-state index contributed by atoms with van der Waals surface area (Å²) in [4.78, 5) is 0. The molecule has 0 saturated carbocycles. The van der Waals surface area contributed by atoms with Gasteiger partial charge in [0.2, 0.25) is 0 Å². The SMILES string of the molecule is CCc1ccbcc1C. The number of hydrogen-bond acceptors (Lipinski definition) is 0. The second-order valence-corrected chi connectivity index (χ2v) is 2.28. The average molecular weight is 118 g/mol. The second kappa shape index (κ2) is 2.81. The summed E-state index contributed by atoms with van der Waals surface area (Å²) in [6, 6.07) is 2.18. The van der Waals surface area contributed by atoms with Crippen LogP contribution in [0.5, 0.6) is 0 Å². The third-order valence-electron chi connectivity index (χ3n) is 1.64. The van der Waals surface area contributed by atoms with Crippen molar-refractivity contribution in [3.8, 4) is 0 Å². The van der Waals surface area contributed by atoms with E-state index in [1.807, 2.05) is 0 Å². The van der Waals surface area contributed by atoms with E-state index in [-0.39, 0.29) is 0 Å². The maximum atomic E-state index is 2.18. The monoisotopic (exact) mass is 118 g/mol. The molecule has 0 atom stereocenters. The van der Waals surface area contributed by atoms with Crippen molar-refractivity contribution < 1.29 is 0 Å². The van der Waals surface area contributed by atoms with Gasteiger partial charge < -0.3 is 0 Å². The minimum atomic E-state index is 1.15. The van der Waals surface area contributed by atoms with Crippen molar-refractivity contribution in [2.75, 3.05) is 0 Å². The average Bonchev–Trinajstić information content (AvgIpc) is 1.89. The minimum absolute atomic E-state index is 1.15. The van der Waals surface area contributed by atoms with Gasteiger partial charge in [-0.1, -0.05) is 0 Å². The summed E-state index contributed by atoms with van der Waals surface area (Å²) in [5, 5.41) is 0. The Morgan fingerprint density at radius 3 is 2.78 bits per heavy atom. The van der Waals surface area contributed by atoms with E-state index < -0.39 is 0 Å². The van der Waals surface area contributed by atoms with E-state index in [2.05, 4.69) is 38.7 Å². The molecule has 0 N–H and O–H groups in total. The van der Waals surface area contributed by atoms with Gasteiger partial charge in [-0.2, -0.15) is 0 Å². The van der Waals surface area contributed by atoms with Gasteiger partial charge in [0.15, 0.2) is 0 Å². The number of aryl methyl sites for hydroxylation is 2. The van der Waals surface area contributed by atoms with Crippen LogP contribution in [0.3, 0.4) is 0 Å². The van der Waals surface area contributed by atoms with Crippen molar-refractivity contribution in [1.82, 2.24) is 0 Å². The molecule has 0 saturated heterocycles. The Kier molecular flexibility index (Phi) is 2.04. The molecule has 46 valence electrons. The van der Waals surface area contributed by atoms with Gasteiger partial charge in [-0.05, 0) is 0 Å². The fourth-order valence-electron chi connectivity index (χ4n) is 1.01. The zero-order valence-corrected chi connectivity index (χ0v) is 6.02. The third-order valence-corrected chi connectivity index (χ3v) is 1.64. The fourth-order valence-corrected chi connectivity index (χ4v) is 1.01. The van der Waals surface area contributed by atoms with Crippen LogP contribution in [0.4, 0.5) is 0 Å². The number of hydrogen-bond donors (Lipinski definition) is 0. The van der Waals surface area contributed by atoms with Crippen LogP contribution in [-0.4, -0.2) is 6.91 Å². The molecule has 1 heteroatoms. The summed E-state index contributed by atoms with van der Waals surface area (Å²) in [5.41, 5.74) is 2.86. The van der Waals surface area contributed by atoms with Crippen LogP contribution in [0, 0.1) is 6.92 Å². The molecule has 1 heterocycles. The van der Waals surface area contributed by atoms with Crippen LogP contribution >= 0.6 is 0 Å². The second-order valence-electron chi connectivity index (χ2n) is 2.28. The van der Waals surface area contributed by atoms with Crippen molar-refractivity contribution in [3.05, 3.63) is 29.1 Å². The molecule has 0 aliphatic carbocycles. The van der Waals surface area contributed by atoms with E-state index in [4.69, 9.17) is 0 Å². The summed E-state index contributed by atoms with van der Waals surface area (Å²) in [6.45, 7) is 6.41. The Balaban J connectivity index is 3.01. The predicted octanol–water partition coefficient (Wildman–Crippen LogP) is 1.90. The zero-order valence-electron chi connectivity index (χ0n) is 6.02. The van der Waals surface area contributed by atoms with Crippen molar-refractivity contribution in [2.45, 2.75) is 20.3 Å². The quantitative estimate of drug-likeness (QED) is 0.528. The van der Waals surface area contributed by atoms with Crippen LogP contribution in [0.15, 0.2) is 18.0 Å². The number of rotatable bonds is 1. The molecule has 0 amide bonds. The molecular formula is C8H11B. The van der Waals surface area contributed by atoms with Crippen LogP contribution < -0.4 is 0 Å². The molecule has 1 aromatic heterocycles. The Labute approximate surface area is 57.1 Å². The molecule has 0 unspecified atom stereocenters. The molecule has 0 aliphatic rings. The molecule has 9 heavy (non-hydrogen) atoms. The Bertz CT molecular complexity index is 194. The van der Waals surface area contributed by atoms with Gasteiger partial charge in [-0.3, -0.25) is 0 Å². The van der Waals surface area contributed by atoms with Crippen LogP contribution in [0.25, 0.3) is 0 Å². The topological polar surface area (TPSA) is 0 Å². The molecule has 0 aliphatic heterocycles. The first-order chi connectivity index (χ1) is 4.34. The standard InChI is InChI=1S/C8H11B/c1-3-8-4-5-9-6-7(8)2/h4-6H,3H2,1-2H3. The Hall–Kier alpha value is -0.585. The summed E-state index contributed by atoms with van der Waals surface area (Å²) < 4.78 is 0. The predicted molar refractivity (Wildman–Crippen MR) is 41.9 cm³/mol. The molecule has 1 aromatic rings. The van der Waals surface area contributed by atoms with Crippen LogP contribution in [0.2, 0.25) is 0 Å². The molecule has 0 spiro atoms. The van der Waals surface area contributed by atoms with Crippen molar-refractivity contribution in [3.63, 3.8) is 0 Å². The van der Waals surface area contributed by atoms with E-state index in [1.54, 1.807) is 0 Å². The summed E-state index contributed by atoms with van der Waals surface area (Å²) >= 11 is 0. The molecule has 0 bridgehead atoms. The zero-order chi connectivity index (χ0) is 6.69. The summed E-state index contributed by atoms with van der Waals surface area (Å²) in [6.07, 6.45) is 1.15. The van der Waals surface area contributed by atoms with Crippen molar-refractivity contribution in [1.29, 1.82) is 0 Å². The summed E-state index contributed by atoms with van der Waals surface area (Å²) in [7, 11) is 0. The van der Waals surface area contributed by atoms with Gasteiger partial charge >= 0.3 is 56.3 Å². The first-order valence-corrected chi connectivity index (χ1v) is 3.39. The third kappa shape index (κ3) is 1.41.